The van der Waals surface area contributed by atoms with Crippen molar-refractivity contribution in [3.63, 3.8) is 0 Å². The number of amides is 1. The molecule has 2 aliphatic heterocycles. The number of rotatable bonds is 8. The number of nitrogens with zero attached hydrogens (tertiary/aromatic N) is 3. The van der Waals surface area contributed by atoms with E-state index < -0.39 is 17.7 Å². The highest BCUT2D eigenvalue weighted by Gasteiger charge is 2.46. The summed E-state index contributed by atoms with van der Waals surface area (Å²) in [6.45, 7) is 2.94. The maximum atomic E-state index is 13.5. The van der Waals surface area contributed by atoms with Crippen molar-refractivity contribution in [1.82, 2.24) is 14.5 Å². The second-order valence-electron chi connectivity index (χ2n) is 10.1. The highest BCUT2D eigenvalue weighted by Crippen LogP contribution is 2.41. The molecule has 3 aromatic carbocycles. The van der Waals surface area contributed by atoms with Crippen LogP contribution in [0.1, 0.15) is 36.1 Å². The van der Waals surface area contributed by atoms with Crippen molar-refractivity contribution in [2.45, 2.75) is 38.5 Å². The van der Waals surface area contributed by atoms with Gasteiger partial charge < -0.3 is 24.0 Å². The molecular formula is C32H29N3O5. The number of para-hydroxylation sites is 1. The van der Waals surface area contributed by atoms with Crippen LogP contribution < -0.4 is 9.47 Å². The number of Topliss-reactive ketones (excluding diaryl/α,β-unsaturated/α-hetero) is 1. The zero-order valence-electron chi connectivity index (χ0n) is 22.1. The molecule has 0 aliphatic carbocycles. The van der Waals surface area contributed by atoms with Crippen LogP contribution in [0.4, 0.5) is 0 Å². The molecule has 8 heteroatoms. The minimum Gasteiger partial charge on any atom is -0.507 e. The van der Waals surface area contributed by atoms with Crippen molar-refractivity contribution in [2.24, 2.45) is 0 Å². The number of aliphatic hydroxyl groups is 1. The molecule has 0 bridgehead atoms. The third-order valence-electron chi connectivity index (χ3n) is 7.24. The summed E-state index contributed by atoms with van der Waals surface area (Å²) in [4.78, 5) is 32.5. The Morgan fingerprint density at radius 3 is 2.65 bits per heavy atom. The molecule has 202 valence electrons. The van der Waals surface area contributed by atoms with Crippen LogP contribution in [0.25, 0.3) is 5.76 Å². The van der Waals surface area contributed by atoms with Gasteiger partial charge in [-0.1, -0.05) is 30.3 Å². The number of carbonyl (C=O) groups is 2. The number of ether oxygens (including phenoxy) is 2. The molecule has 8 nitrogen and oxygen atoms in total. The van der Waals surface area contributed by atoms with Gasteiger partial charge in [-0.25, -0.2) is 4.98 Å². The molecule has 3 heterocycles. The Morgan fingerprint density at radius 1 is 1.02 bits per heavy atom. The summed E-state index contributed by atoms with van der Waals surface area (Å²) >= 11 is 0. The number of aromatic nitrogens is 2. The van der Waals surface area contributed by atoms with Crippen LogP contribution in [0, 0.1) is 0 Å². The van der Waals surface area contributed by atoms with Crippen molar-refractivity contribution in [1.29, 1.82) is 0 Å². The molecule has 0 saturated carbocycles. The number of ketones is 1. The summed E-state index contributed by atoms with van der Waals surface area (Å²) in [5.41, 5.74) is 2.18. The fourth-order valence-corrected chi connectivity index (χ4v) is 5.40. The predicted molar refractivity (Wildman–Crippen MR) is 149 cm³/mol. The van der Waals surface area contributed by atoms with Gasteiger partial charge in [0, 0.05) is 37.5 Å². The molecule has 0 radical (unpaired) electrons. The molecule has 2 atom stereocenters. The van der Waals surface area contributed by atoms with Gasteiger partial charge in [0.05, 0.1) is 17.9 Å². The Kier molecular flexibility index (Phi) is 6.82. The summed E-state index contributed by atoms with van der Waals surface area (Å²) < 4.78 is 13.8. The molecule has 1 N–H and O–H groups in total. The Hall–Kier alpha value is -4.85. The average molecular weight is 536 g/mol. The number of benzene rings is 3. The number of aryl methyl sites for hydroxylation is 1. The molecule has 6 rings (SSSR count). The molecule has 1 aromatic heterocycles. The summed E-state index contributed by atoms with van der Waals surface area (Å²) in [7, 11) is 0. The van der Waals surface area contributed by atoms with E-state index in [1.807, 2.05) is 78.4 Å². The van der Waals surface area contributed by atoms with E-state index in [2.05, 4.69) is 4.98 Å². The molecule has 1 fully saturated rings. The van der Waals surface area contributed by atoms with Crippen molar-refractivity contribution >= 4 is 17.4 Å². The number of imidazole rings is 1. The van der Waals surface area contributed by atoms with Crippen molar-refractivity contribution in [2.75, 3.05) is 6.54 Å². The van der Waals surface area contributed by atoms with Gasteiger partial charge in [0.1, 0.15) is 29.1 Å². The SMILES string of the molecule is C[C@H]1Cc2cc(/C(O)=C3\C(=O)C(=O)N(CCCn4ccnc4)[C@H]3c3cccc(Oc4ccccc4)c3)ccc2O1. The first-order chi connectivity index (χ1) is 19.5. The number of carbonyl (C=O) groups excluding carboxylic acids is 2. The van der Waals surface area contributed by atoms with E-state index in [1.54, 1.807) is 29.6 Å². The Balaban J connectivity index is 1.38. The third-order valence-corrected chi connectivity index (χ3v) is 7.24. The largest absolute Gasteiger partial charge is 0.507 e. The minimum absolute atomic E-state index is 0.0424. The van der Waals surface area contributed by atoms with Gasteiger partial charge >= 0.3 is 0 Å². The maximum absolute atomic E-state index is 13.5. The Bertz CT molecular complexity index is 1580. The summed E-state index contributed by atoms with van der Waals surface area (Å²) in [6.07, 6.45) is 6.63. The highest BCUT2D eigenvalue weighted by molar-refractivity contribution is 6.46. The number of hydrogen-bond donors (Lipinski definition) is 1. The van der Waals surface area contributed by atoms with Crippen molar-refractivity contribution in [3.05, 3.63) is 114 Å². The van der Waals surface area contributed by atoms with E-state index in [9.17, 15) is 14.7 Å². The maximum Gasteiger partial charge on any atom is 0.295 e. The predicted octanol–water partition coefficient (Wildman–Crippen LogP) is 5.51. The topological polar surface area (TPSA) is 93.9 Å². The van der Waals surface area contributed by atoms with E-state index in [0.717, 1.165) is 11.3 Å². The zero-order valence-corrected chi connectivity index (χ0v) is 22.1. The number of fused-ring (bicyclic) bond motifs is 1. The average Bonchev–Trinajstić information content (AvgIpc) is 3.67. The van der Waals surface area contributed by atoms with Gasteiger partial charge in [0.15, 0.2) is 0 Å². The van der Waals surface area contributed by atoms with Crippen LogP contribution in [-0.2, 0) is 22.6 Å². The van der Waals surface area contributed by atoms with Crippen LogP contribution in [0.3, 0.4) is 0 Å². The van der Waals surface area contributed by atoms with Gasteiger partial charge in [0.2, 0.25) is 0 Å². The standard InChI is InChI=1S/C32H29N3O5/c1-21-17-24-18-23(11-12-27(24)39-21)30(36)28-29(22-7-5-10-26(19-22)40-25-8-3-2-4-9-25)35(32(38)31(28)37)15-6-14-34-16-13-33-20-34/h2-5,7-13,16,18-21,29,36H,6,14-15,17H2,1H3/b30-28+/t21-,29-/m0/s1. The first kappa shape index (κ1) is 25.4. The molecule has 2 aliphatic rings. The fraction of sp³-hybridized carbons (Fsp3) is 0.219. The van der Waals surface area contributed by atoms with Crippen LogP contribution in [0.2, 0.25) is 0 Å². The molecule has 1 amide bonds. The van der Waals surface area contributed by atoms with E-state index in [4.69, 9.17) is 9.47 Å². The lowest BCUT2D eigenvalue weighted by atomic mass is 9.94. The number of aliphatic hydroxyl groups excluding tert-OH is 1. The monoisotopic (exact) mass is 535 g/mol. The third kappa shape index (κ3) is 4.96. The second kappa shape index (κ2) is 10.7. The first-order valence-corrected chi connectivity index (χ1v) is 13.3. The molecule has 4 aromatic rings. The van der Waals surface area contributed by atoms with Crippen molar-refractivity contribution < 1.29 is 24.2 Å². The van der Waals surface area contributed by atoms with Gasteiger partial charge in [0.25, 0.3) is 11.7 Å². The summed E-state index contributed by atoms with van der Waals surface area (Å²) in [6, 6.07) is 21.3. The normalized spacial score (nSPS) is 19.5. The fourth-order valence-electron chi connectivity index (χ4n) is 5.40. The number of hydrogen-bond acceptors (Lipinski definition) is 6. The smallest absolute Gasteiger partial charge is 0.295 e. The lowest BCUT2D eigenvalue weighted by molar-refractivity contribution is -0.139. The van der Waals surface area contributed by atoms with E-state index in [-0.39, 0.29) is 17.4 Å². The summed E-state index contributed by atoms with van der Waals surface area (Å²) in [5, 5.41) is 11.5. The Morgan fingerprint density at radius 2 is 1.85 bits per heavy atom. The molecule has 40 heavy (non-hydrogen) atoms. The van der Waals surface area contributed by atoms with Crippen LogP contribution in [0.15, 0.2) is 97.1 Å². The molecule has 1 saturated heterocycles. The number of likely N-dealkylation sites (tertiary alicyclic amines) is 1. The minimum atomic E-state index is -0.773. The summed E-state index contributed by atoms with van der Waals surface area (Å²) in [5.74, 6) is 0.470. The lowest BCUT2D eigenvalue weighted by Gasteiger charge is -2.26. The van der Waals surface area contributed by atoms with Gasteiger partial charge in [-0.2, -0.15) is 0 Å². The highest BCUT2D eigenvalue weighted by atomic mass is 16.5. The second-order valence-corrected chi connectivity index (χ2v) is 10.1. The van der Waals surface area contributed by atoms with E-state index in [0.29, 0.717) is 48.6 Å². The quantitative estimate of drug-likeness (QED) is 0.182. The molecular weight excluding hydrogens is 506 g/mol. The first-order valence-electron chi connectivity index (χ1n) is 13.3. The van der Waals surface area contributed by atoms with Crippen molar-refractivity contribution in [3.8, 4) is 17.2 Å². The molecule has 0 unspecified atom stereocenters. The Labute approximate surface area is 232 Å². The van der Waals surface area contributed by atoms with Crippen LogP contribution >= 0.6 is 0 Å². The van der Waals surface area contributed by atoms with Crippen LogP contribution in [0.5, 0.6) is 17.2 Å². The van der Waals surface area contributed by atoms with Gasteiger partial charge in [-0.3, -0.25) is 9.59 Å². The van der Waals surface area contributed by atoms with E-state index >= 15 is 0 Å². The van der Waals surface area contributed by atoms with E-state index in [1.165, 1.54) is 0 Å². The zero-order chi connectivity index (χ0) is 27.6. The lowest BCUT2D eigenvalue weighted by Crippen LogP contribution is -2.31. The van der Waals surface area contributed by atoms with Gasteiger partial charge in [-0.05, 0) is 66.9 Å². The molecule has 0 spiro atoms. The van der Waals surface area contributed by atoms with Crippen LogP contribution in [-0.4, -0.2) is 43.9 Å². The van der Waals surface area contributed by atoms with Gasteiger partial charge in [-0.15, -0.1) is 0 Å².